The van der Waals surface area contributed by atoms with Gasteiger partial charge in [-0.1, -0.05) is 57.9 Å². The highest BCUT2D eigenvalue weighted by atomic mass is 32.2. The van der Waals surface area contributed by atoms with Gasteiger partial charge in [-0.2, -0.15) is 26.3 Å². The lowest BCUT2D eigenvalue weighted by molar-refractivity contribution is -0.539. The lowest BCUT2D eigenvalue weighted by Gasteiger charge is -2.49. The fraction of sp³-hybridized carbons (Fsp3) is 0.488. The van der Waals surface area contributed by atoms with Crippen LogP contribution in [0, 0.1) is 21.2 Å². The highest BCUT2D eigenvalue weighted by Gasteiger charge is 2.85. The number of hydrogen-bond acceptors (Lipinski definition) is 6. The van der Waals surface area contributed by atoms with Crippen molar-refractivity contribution in [3.8, 4) is 0 Å². The van der Waals surface area contributed by atoms with Crippen molar-refractivity contribution in [3.63, 3.8) is 0 Å². The molecule has 8 nitrogen and oxygen atoms in total. The van der Waals surface area contributed by atoms with Crippen molar-refractivity contribution in [3.05, 3.63) is 113 Å². The second-order valence-corrected chi connectivity index (χ2v) is 20.8. The molecule has 0 amide bonds. The van der Waals surface area contributed by atoms with E-state index in [1.165, 1.54) is 0 Å². The van der Waals surface area contributed by atoms with Gasteiger partial charge in [0, 0.05) is 52.0 Å². The largest absolute Gasteiger partial charge is 0.714 e. The van der Waals surface area contributed by atoms with Crippen LogP contribution in [-0.2, 0) is 10.4 Å². The maximum atomic E-state index is 16.2. The van der Waals surface area contributed by atoms with Gasteiger partial charge in [-0.15, -0.1) is 0 Å². The Morgan fingerprint density at radius 1 is 0.508 bits per heavy atom. The number of rotatable bonds is 4. The smallest absolute Gasteiger partial charge is 0.380 e. The number of nitrogens with zero attached hydrogens (tertiary/aromatic N) is 4. The fourth-order valence-corrected chi connectivity index (χ4v) is 12.7. The zero-order chi connectivity index (χ0) is 44.0. The van der Waals surface area contributed by atoms with Gasteiger partial charge in [0.05, 0.1) is 11.1 Å². The van der Waals surface area contributed by atoms with E-state index >= 15 is 26.3 Å². The van der Waals surface area contributed by atoms with Crippen molar-refractivity contribution in [2.24, 2.45) is 10.8 Å². The Labute approximate surface area is 347 Å². The number of benzene rings is 2. The van der Waals surface area contributed by atoms with Gasteiger partial charge in [-0.05, 0) is 130 Å². The average molecular weight is 859 g/mol. The summed E-state index contributed by atoms with van der Waals surface area (Å²) in [5.41, 5.74) is -7.63. The number of hydroxylamine groups is 6. The molecule has 0 spiro atoms. The Balaban J connectivity index is 1.28. The molecule has 2 aromatic rings. The van der Waals surface area contributed by atoms with E-state index in [2.05, 4.69) is 0 Å². The van der Waals surface area contributed by atoms with E-state index in [4.69, 9.17) is 0 Å². The van der Waals surface area contributed by atoms with E-state index in [0.717, 1.165) is 23.5 Å². The van der Waals surface area contributed by atoms with Gasteiger partial charge in [-0.25, -0.2) is 0 Å². The number of amidine groups is 2. The first kappa shape index (κ1) is 41.9. The molecule has 2 aliphatic carbocycles. The van der Waals surface area contributed by atoms with E-state index in [1.54, 1.807) is 132 Å². The minimum Gasteiger partial charge on any atom is -0.714 e. The number of halogens is 6. The molecule has 314 valence electrons. The van der Waals surface area contributed by atoms with E-state index in [0.29, 0.717) is 62.8 Å². The molecular formula is C43H44F6N4O4S2. The first-order valence-electron chi connectivity index (χ1n) is 19.1. The average Bonchev–Trinajstić information content (AvgIpc) is 3.70. The minimum absolute atomic E-state index is 0.113. The van der Waals surface area contributed by atoms with Crippen LogP contribution in [0.2, 0.25) is 0 Å². The first-order chi connectivity index (χ1) is 26.8. The Kier molecular flexibility index (Phi) is 8.33. The molecule has 2 radical (unpaired) electrons. The molecule has 6 aliphatic rings. The first-order valence-corrected chi connectivity index (χ1v) is 20.7. The number of fused-ring (bicyclic) bond motifs is 4. The van der Waals surface area contributed by atoms with E-state index in [9.17, 15) is 20.8 Å². The SMILES string of the molecule is CC1=C(c2ccc(C3=[N+]([O-])C(C)(C)C(C)(C)N3[O])cc2)SC2=C3C(=C4SC(c5ccc(C6=[N+]([O-])C(C)(C)C(C)(C)N6[O])cc5)=C(C)[C@@]4(C)[C@]12C)C(F)(F)C(F)(F)C3(F)F. The summed E-state index contributed by atoms with van der Waals surface area (Å²) < 4.78 is 97.3. The van der Waals surface area contributed by atoms with Crippen LogP contribution in [0.1, 0.15) is 105 Å². The molecule has 59 heavy (non-hydrogen) atoms. The van der Waals surface area contributed by atoms with Crippen LogP contribution in [0.5, 0.6) is 0 Å². The summed E-state index contributed by atoms with van der Waals surface area (Å²) >= 11 is 1.52. The third-order valence-corrected chi connectivity index (χ3v) is 18.3. The lowest BCUT2D eigenvalue weighted by atomic mass is 9.54. The van der Waals surface area contributed by atoms with E-state index in [1.807, 2.05) is 0 Å². The zero-order valence-electron chi connectivity index (χ0n) is 34.6. The quantitative estimate of drug-likeness (QED) is 0.173. The summed E-state index contributed by atoms with van der Waals surface area (Å²) in [4.78, 5) is 0.194. The van der Waals surface area contributed by atoms with E-state index < -0.39 is 61.9 Å². The number of alkyl halides is 6. The molecule has 0 bridgehead atoms. The summed E-state index contributed by atoms with van der Waals surface area (Å²) in [6.45, 7) is 19.9. The molecule has 2 aromatic carbocycles. The molecular weight excluding hydrogens is 815 g/mol. The van der Waals surface area contributed by atoms with Crippen LogP contribution in [0.3, 0.4) is 0 Å². The summed E-state index contributed by atoms with van der Waals surface area (Å²) in [7, 11) is 0. The Bertz CT molecular complexity index is 2310. The Morgan fingerprint density at radius 3 is 1.03 bits per heavy atom. The highest BCUT2D eigenvalue weighted by Crippen LogP contribution is 2.81. The molecule has 0 N–H and O–H groups in total. The van der Waals surface area contributed by atoms with Crippen LogP contribution in [0.4, 0.5) is 26.3 Å². The van der Waals surface area contributed by atoms with Crippen molar-refractivity contribution in [2.75, 3.05) is 0 Å². The van der Waals surface area contributed by atoms with Crippen LogP contribution in [0.15, 0.2) is 80.6 Å². The minimum atomic E-state index is -5.74. The van der Waals surface area contributed by atoms with Gasteiger partial charge in [0.25, 0.3) is 0 Å². The normalized spacial score (nSPS) is 30.6. The molecule has 8 rings (SSSR count). The second-order valence-electron chi connectivity index (χ2n) is 18.7. The van der Waals surface area contributed by atoms with Gasteiger partial charge < -0.3 is 10.4 Å². The third-order valence-electron chi connectivity index (χ3n) is 15.2. The van der Waals surface area contributed by atoms with Crippen molar-refractivity contribution in [1.82, 2.24) is 10.1 Å². The number of thioether (sulfide) groups is 2. The van der Waals surface area contributed by atoms with Crippen molar-refractivity contribution in [2.45, 2.75) is 123 Å². The predicted octanol–water partition coefficient (Wildman–Crippen LogP) is 10.7. The Hall–Kier alpha value is -3.86. The number of hydrogen-bond donors (Lipinski definition) is 0. The van der Waals surface area contributed by atoms with Crippen LogP contribution in [0.25, 0.3) is 9.81 Å². The third kappa shape index (κ3) is 4.49. The summed E-state index contributed by atoms with van der Waals surface area (Å²) in [5, 5.41) is 54.8. The van der Waals surface area contributed by atoms with Crippen LogP contribution in [-0.4, -0.2) is 71.2 Å². The predicted molar refractivity (Wildman–Crippen MR) is 215 cm³/mol. The second kappa shape index (κ2) is 11.7. The van der Waals surface area contributed by atoms with Gasteiger partial charge in [0.15, 0.2) is 11.1 Å². The Morgan fingerprint density at radius 2 is 0.780 bits per heavy atom. The van der Waals surface area contributed by atoms with Gasteiger partial charge in [0.1, 0.15) is 11.1 Å². The molecule has 2 atom stereocenters. The standard InChI is InChI=1S/C43H44F6N4O4S2/c1-21-29(23-13-17-25(18-14-23)33-50(54)35(3,4)36(5,6)51(33)55)58-31-27-28(42(46,47)43(48,49)41(27,44)45)32-40(12,39(21,31)11)22(2)30(59-32)24-15-19-26(20-16-24)34-52(56)37(7,8)38(9,10)53(34)57/h13-20H,1-12H3/t39-,40-/m1/s1. The summed E-state index contributed by atoms with van der Waals surface area (Å²) in [6.07, 6.45) is 0. The van der Waals surface area contributed by atoms with Crippen LogP contribution >= 0.6 is 23.5 Å². The highest BCUT2D eigenvalue weighted by molar-refractivity contribution is 8.13. The van der Waals surface area contributed by atoms with Crippen molar-refractivity contribution < 1.29 is 46.2 Å². The molecule has 1 fully saturated rings. The van der Waals surface area contributed by atoms with Crippen molar-refractivity contribution in [1.29, 1.82) is 0 Å². The fourth-order valence-electron chi connectivity index (χ4n) is 9.28. The molecule has 16 heteroatoms. The van der Waals surface area contributed by atoms with Gasteiger partial charge in [-0.3, -0.25) is 9.48 Å². The molecule has 0 aromatic heterocycles. The van der Waals surface area contributed by atoms with Crippen molar-refractivity contribution >= 4 is 45.0 Å². The summed E-state index contributed by atoms with van der Waals surface area (Å²) in [6, 6.07) is 12.6. The molecule has 0 saturated heterocycles. The molecule has 4 aliphatic heterocycles. The molecule has 4 heterocycles. The number of allylic oxidation sites excluding steroid dienone is 6. The van der Waals surface area contributed by atoms with Gasteiger partial charge >= 0.3 is 29.4 Å². The van der Waals surface area contributed by atoms with Crippen LogP contribution < -0.4 is 0 Å². The lowest BCUT2D eigenvalue weighted by Crippen LogP contribution is -2.53. The molecule has 1 saturated carbocycles. The van der Waals surface area contributed by atoms with E-state index in [-0.39, 0.29) is 21.5 Å². The summed E-state index contributed by atoms with van der Waals surface area (Å²) in [5.74, 6) is -16.4. The van der Waals surface area contributed by atoms with Gasteiger partial charge in [0.2, 0.25) is 0 Å². The maximum Gasteiger partial charge on any atom is 0.380 e. The monoisotopic (exact) mass is 858 g/mol. The topological polar surface area (TPSA) is 98.4 Å². The zero-order valence-corrected chi connectivity index (χ0v) is 36.3. The molecule has 0 unspecified atom stereocenters. The maximum absolute atomic E-state index is 16.2.